The number of sulfone groups is 1. The maximum atomic E-state index is 14.9. The summed E-state index contributed by atoms with van der Waals surface area (Å²) in [4.78, 5) is 19.4. The summed E-state index contributed by atoms with van der Waals surface area (Å²) in [6.45, 7) is -1.37. The van der Waals surface area contributed by atoms with Crippen molar-refractivity contribution in [1.82, 2.24) is 14.9 Å². The molecule has 1 aromatic rings. The van der Waals surface area contributed by atoms with Crippen molar-refractivity contribution in [3.8, 4) is 5.88 Å². The molecule has 0 aromatic carbocycles. The van der Waals surface area contributed by atoms with Crippen LogP contribution >= 0.6 is 0 Å². The molecular weight excluding hydrogens is 524 g/mol. The van der Waals surface area contributed by atoms with Gasteiger partial charge in [-0.2, -0.15) is 13.2 Å². The number of carbonyl (C=O) groups is 1. The quantitative estimate of drug-likeness (QED) is 0.514. The molecule has 0 bridgehead atoms. The van der Waals surface area contributed by atoms with Gasteiger partial charge in [-0.3, -0.25) is 0 Å². The third-order valence-electron chi connectivity index (χ3n) is 6.37. The molecule has 1 N–H and O–H groups in total. The molecule has 16 heteroatoms. The van der Waals surface area contributed by atoms with Gasteiger partial charge in [0, 0.05) is 19.3 Å². The molecule has 2 fully saturated rings. The SMILES string of the molecule is CS(=O)(=O)c1cnc(OC2CCC(OC3CCN(C(=O)O)CC3C(F)(C(F)F)C(F)(F)F)CC2)cn1. The Morgan fingerprint density at radius 1 is 1.08 bits per heavy atom. The van der Waals surface area contributed by atoms with Crippen LogP contribution in [0.5, 0.6) is 5.88 Å². The highest BCUT2D eigenvalue weighted by atomic mass is 32.2. The molecule has 36 heavy (non-hydrogen) atoms. The van der Waals surface area contributed by atoms with Crippen LogP contribution in [0.25, 0.3) is 0 Å². The molecule has 0 radical (unpaired) electrons. The molecular formula is C20H25F6N3O6S. The Bertz CT molecular complexity index is 1020. The first-order valence-corrected chi connectivity index (χ1v) is 12.9. The zero-order chi connectivity index (χ0) is 26.9. The van der Waals surface area contributed by atoms with E-state index in [0.29, 0.717) is 17.7 Å². The third-order valence-corrected chi connectivity index (χ3v) is 7.34. The van der Waals surface area contributed by atoms with E-state index >= 15 is 0 Å². The van der Waals surface area contributed by atoms with E-state index in [-0.39, 0.29) is 36.7 Å². The minimum Gasteiger partial charge on any atom is -0.473 e. The molecule has 1 saturated heterocycles. The van der Waals surface area contributed by atoms with Crippen LogP contribution in [0, 0.1) is 5.92 Å². The van der Waals surface area contributed by atoms with Crippen LogP contribution in [0.15, 0.2) is 17.4 Å². The Kier molecular flexibility index (Phi) is 8.27. The number of aromatic nitrogens is 2. The lowest BCUT2D eigenvalue weighted by Gasteiger charge is -2.45. The fourth-order valence-electron chi connectivity index (χ4n) is 4.43. The largest absolute Gasteiger partial charge is 0.473 e. The fourth-order valence-corrected chi connectivity index (χ4v) is 4.92. The van der Waals surface area contributed by atoms with Crippen molar-refractivity contribution >= 4 is 15.9 Å². The first kappa shape index (κ1) is 28.2. The summed E-state index contributed by atoms with van der Waals surface area (Å²) >= 11 is 0. The van der Waals surface area contributed by atoms with E-state index in [0.717, 1.165) is 18.6 Å². The van der Waals surface area contributed by atoms with Gasteiger partial charge in [0.2, 0.25) is 5.88 Å². The molecule has 1 aliphatic heterocycles. The highest BCUT2D eigenvalue weighted by Crippen LogP contribution is 2.48. The van der Waals surface area contributed by atoms with Gasteiger partial charge in [-0.15, -0.1) is 0 Å². The van der Waals surface area contributed by atoms with Gasteiger partial charge in [-0.1, -0.05) is 0 Å². The molecule has 204 valence electrons. The second kappa shape index (κ2) is 10.6. The van der Waals surface area contributed by atoms with Crippen LogP contribution in [0.2, 0.25) is 0 Å². The van der Waals surface area contributed by atoms with Crippen molar-refractivity contribution < 1.29 is 54.1 Å². The first-order valence-electron chi connectivity index (χ1n) is 11.0. The van der Waals surface area contributed by atoms with Crippen LogP contribution in [0.1, 0.15) is 32.1 Å². The van der Waals surface area contributed by atoms with Gasteiger partial charge in [-0.05, 0) is 32.1 Å². The molecule has 2 heterocycles. The van der Waals surface area contributed by atoms with E-state index in [1.165, 1.54) is 0 Å². The summed E-state index contributed by atoms with van der Waals surface area (Å²) in [5, 5.41) is 8.88. The summed E-state index contributed by atoms with van der Waals surface area (Å²) in [6.07, 6.45) is -10.7. The number of alkyl halides is 6. The predicted octanol–water partition coefficient (Wildman–Crippen LogP) is 3.49. The van der Waals surface area contributed by atoms with Crippen molar-refractivity contribution in [2.24, 2.45) is 5.92 Å². The van der Waals surface area contributed by atoms with Crippen molar-refractivity contribution in [2.75, 3.05) is 19.3 Å². The molecule has 0 spiro atoms. The number of amides is 1. The van der Waals surface area contributed by atoms with Crippen LogP contribution in [0.4, 0.5) is 31.1 Å². The van der Waals surface area contributed by atoms with E-state index in [1.54, 1.807) is 0 Å². The Morgan fingerprint density at radius 3 is 2.17 bits per heavy atom. The van der Waals surface area contributed by atoms with E-state index in [4.69, 9.17) is 14.6 Å². The molecule has 1 aliphatic carbocycles. The second-order valence-corrected chi connectivity index (χ2v) is 10.8. The van der Waals surface area contributed by atoms with Crippen molar-refractivity contribution in [1.29, 1.82) is 0 Å². The molecule has 2 aliphatic rings. The Balaban J connectivity index is 1.65. The molecule has 1 saturated carbocycles. The van der Waals surface area contributed by atoms with E-state index in [2.05, 4.69) is 9.97 Å². The zero-order valence-electron chi connectivity index (χ0n) is 19.0. The summed E-state index contributed by atoms with van der Waals surface area (Å²) in [7, 11) is -3.54. The number of carboxylic acid groups (broad SMARTS) is 1. The molecule has 9 nitrogen and oxygen atoms in total. The standard InChI is InChI=1S/C20H25F6N3O6S/c1-36(32,33)16-9-27-15(8-28-16)35-12-4-2-11(3-5-12)34-14-6-7-29(18(30)31)10-13(14)19(23,17(21)22)20(24,25)26/h8-9,11-14,17H,2-7,10H2,1H3,(H,30,31). The minimum absolute atomic E-state index is 0.0669. The number of halogens is 6. The van der Waals surface area contributed by atoms with E-state index in [1.807, 2.05) is 0 Å². The maximum absolute atomic E-state index is 14.9. The molecule has 3 rings (SSSR count). The van der Waals surface area contributed by atoms with E-state index in [9.17, 15) is 39.6 Å². The van der Waals surface area contributed by atoms with Gasteiger partial charge in [-0.25, -0.2) is 36.4 Å². The molecule has 3 unspecified atom stereocenters. The van der Waals surface area contributed by atoms with Crippen molar-refractivity contribution in [3.05, 3.63) is 12.4 Å². The second-order valence-electron chi connectivity index (χ2n) is 8.85. The number of hydrogen-bond donors (Lipinski definition) is 1. The van der Waals surface area contributed by atoms with Gasteiger partial charge < -0.3 is 19.5 Å². The summed E-state index contributed by atoms with van der Waals surface area (Å²) in [5.41, 5.74) is -4.94. The lowest BCUT2D eigenvalue weighted by atomic mass is 9.80. The number of rotatable bonds is 7. The first-order chi connectivity index (χ1) is 16.6. The molecule has 1 amide bonds. The smallest absolute Gasteiger partial charge is 0.428 e. The topological polar surface area (TPSA) is 119 Å². The Morgan fingerprint density at radius 2 is 1.69 bits per heavy atom. The number of piperidine rings is 1. The van der Waals surface area contributed by atoms with Gasteiger partial charge in [0.25, 0.3) is 12.1 Å². The monoisotopic (exact) mass is 549 g/mol. The third kappa shape index (κ3) is 6.12. The lowest BCUT2D eigenvalue weighted by Crippen LogP contribution is -2.63. The van der Waals surface area contributed by atoms with Crippen LogP contribution in [0.3, 0.4) is 0 Å². The summed E-state index contributed by atoms with van der Waals surface area (Å²) < 4.78 is 116. The number of nitrogens with zero attached hydrogens (tertiary/aromatic N) is 3. The fraction of sp³-hybridized carbons (Fsp3) is 0.750. The van der Waals surface area contributed by atoms with Gasteiger partial charge >= 0.3 is 12.3 Å². The highest BCUT2D eigenvalue weighted by Gasteiger charge is 2.69. The average molecular weight is 549 g/mol. The zero-order valence-corrected chi connectivity index (χ0v) is 19.8. The lowest BCUT2D eigenvalue weighted by molar-refractivity contribution is -0.304. The van der Waals surface area contributed by atoms with Crippen LogP contribution in [-0.4, -0.2) is 90.4 Å². The Hall–Kier alpha value is -2.36. The van der Waals surface area contributed by atoms with E-state index < -0.39 is 65.0 Å². The predicted molar refractivity (Wildman–Crippen MR) is 110 cm³/mol. The number of ether oxygens (including phenoxy) is 2. The van der Waals surface area contributed by atoms with Gasteiger partial charge in [0.1, 0.15) is 6.10 Å². The normalized spacial score (nSPS) is 27.5. The van der Waals surface area contributed by atoms with Gasteiger partial charge in [0.05, 0.1) is 30.5 Å². The van der Waals surface area contributed by atoms with Crippen LogP contribution in [-0.2, 0) is 14.6 Å². The molecule has 3 atom stereocenters. The minimum atomic E-state index is -5.94. The van der Waals surface area contributed by atoms with Crippen molar-refractivity contribution in [3.63, 3.8) is 0 Å². The van der Waals surface area contributed by atoms with Gasteiger partial charge in [0.15, 0.2) is 14.9 Å². The number of likely N-dealkylation sites (tertiary alicyclic amines) is 1. The summed E-state index contributed by atoms with van der Waals surface area (Å²) in [6, 6.07) is 0. The Labute approximate surface area is 202 Å². The maximum Gasteiger partial charge on any atom is 0.428 e. The average Bonchev–Trinajstić information content (AvgIpc) is 2.79. The van der Waals surface area contributed by atoms with Crippen LogP contribution < -0.4 is 4.74 Å². The summed E-state index contributed by atoms with van der Waals surface area (Å²) in [5.74, 6) is -2.38. The van der Waals surface area contributed by atoms with Crippen molar-refractivity contribution in [2.45, 2.75) is 73.7 Å². The molecule has 1 aromatic heterocycles. The highest BCUT2D eigenvalue weighted by molar-refractivity contribution is 7.90. The number of hydrogen-bond acceptors (Lipinski definition) is 7.